The molecule has 2 saturated heterocycles. The standard InChI is InChI=1S/C35H54O15/c1-33-7-5-20-21(35(33,45)9-6-19(33)16-10-24(39)46-14-16)3-2-17-11-18(4-8-34(17,20)15-38)47-32-29(44)30(26(41)23(13-37)49-32)50-31-28(43)27(42)25(40)22(12-36)48-31/h10,17-23,25-32,36-38,40-45H,2-9,11-15H2,1H3/t17-,18-,19-,20+,21-,22-,23-,25-,26-,27+,28-,29-,30-,31-,32-,33-,34-,35+/m1/s1. The number of esters is 1. The van der Waals surface area contributed by atoms with Crippen LogP contribution in [0.5, 0.6) is 0 Å². The summed E-state index contributed by atoms with van der Waals surface area (Å²) in [6, 6.07) is 0. The maximum atomic E-state index is 12.5. The first-order chi connectivity index (χ1) is 23.8. The van der Waals surface area contributed by atoms with Crippen LogP contribution in [0.15, 0.2) is 11.6 Å². The molecule has 7 aliphatic rings. The van der Waals surface area contributed by atoms with Crippen molar-refractivity contribution in [3.8, 4) is 0 Å². The molecule has 0 radical (unpaired) electrons. The van der Waals surface area contributed by atoms with Gasteiger partial charge in [0.1, 0.15) is 55.4 Å². The van der Waals surface area contributed by atoms with E-state index in [0.717, 1.165) is 37.7 Å². The van der Waals surface area contributed by atoms with Crippen LogP contribution in [0.1, 0.15) is 64.7 Å². The molecule has 0 aromatic carbocycles. The smallest absolute Gasteiger partial charge is 0.331 e. The van der Waals surface area contributed by atoms with E-state index in [-0.39, 0.29) is 42.9 Å². The lowest BCUT2D eigenvalue weighted by Gasteiger charge is -2.64. The van der Waals surface area contributed by atoms with Crippen LogP contribution in [-0.2, 0) is 28.5 Å². The van der Waals surface area contributed by atoms with Crippen molar-refractivity contribution in [1.29, 1.82) is 0 Å². The lowest BCUT2D eigenvalue weighted by Crippen LogP contribution is -2.65. The van der Waals surface area contributed by atoms with Gasteiger partial charge >= 0.3 is 5.97 Å². The minimum atomic E-state index is -1.77. The van der Waals surface area contributed by atoms with E-state index in [1.54, 1.807) is 6.08 Å². The van der Waals surface area contributed by atoms with Gasteiger partial charge in [0.2, 0.25) is 0 Å². The Morgan fingerprint density at radius 2 is 1.48 bits per heavy atom. The maximum absolute atomic E-state index is 12.5. The zero-order valence-corrected chi connectivity index (χ0v) is 28.4. The number of aliphatic hydroxyl groups is 9. The van der Waals surface area contributed by atoms with Crippen molar-refractivity contribution in [1.82, 2.24) is 0 Å². The zero-order chi connectivity index (χ0) is 35.7. The Bertz CT molecular complexity index is 1280. The predicted molar refractivity (Wildman–Crippen MR) is 168 cm³/mol. The molecule has 50 heavy (non-hydrogen) atoms. The van der Waals surface area contributed by atoms with Crippen molar-refractivity contribution in [3.05, 3.63) is 11.6 Å². The maximum Gasteiger partial charge on any atom is 0.331 e. The van der Waals surface area contributed by atoms with Crippen molar-refractivity contribution in [2.24, 2.45) is 34.5 Å². The molecule has 0 spiro atoms. The third-order valence-electron chi connectivity index (χ3n) is 14.2. The molecule has 9 N–H and O–H groups in total. The normalized spacial score (nSPS) is 53.6. The van der Waals surface area contributed by atoms with Crippen molar-refractivity contribution >= 4 is 5.97 Å². The van der Waals surface area contributed by atoms with Gasteiger partial charge in [0.15, 0.2) is 12.6 Å². The highest BCUT2D eigenvalue weighted by Crippen LogP contribution is 2.70. The van der Waals surface area contributed by atoms with Crippen LogP contribution < -0.4 is 0 Å². The van der Waals surface area contributed by atoms with E-state index >= 15 is 0 Å². The molecular weight excluding hydrogens is 660 g/mol. The van der Waals surface area contributed by atoms with Gasteiger partial charge in [-0.2, -0.15) is 0 Å². The Morgan fingerprint density at radius 1 is 0.780 bits per heavy atom. The van der Waals surface area contributed by atoms with E-state index in [2.05, 4.69) is 6.92 Å². The van der Waals surface area contributed by atoms with Crippen LogP contribution in [0.25, 0.3) is 0 Å². The Hall–Kier alpha value is -1.31. The van der Waals surface area contributed by atoms with E-state index in [1.165, 1.54) is 0 Å². The van der Waals surface area contributed by atoms with Gasteiger partial charge in [-0.05, 0) is 92.4 Å². The van der Waals surface area contributed by atoms with Crippen LogP contribution in [-0.4, -0.2) is 151 Å². The fourth-order valence-corrected chi connectivity index (χ4v) is 11.4. The summed E-state index contributed by atoms with van der Waals surface area (Å²) in [5, 5.41) is 96.2. The highest BCUT2D eigenvalue weighted by atomic mass is 16.7. The summed E-state index contributed by atoms with van der Waals surface area (Å²) in [5.41, 5.74) is -0.773. The topological polar surface area (TPSA) is 245 Å². The first kappa shape index (κ1) is 37.0. The van der Waals surface area contributed by atoms with E-state index in [4.69, 9.17) is 23.7 Å². The van der Waals surface area contributed by atoms with Gasteiger partial charge in [-0.15, -0.1) is 0 Å². The predicted octanol–water partition coefficient (Wildman–Crippen LogP) is -1.77. The Balaban J connectivity index is 1.04. The molecule has 0 aromatic rings. The van der Waals surface area contributed by atoms with Gasteiger partial charge in [0, 0.05) is 18.1 Å². The van der Waals surface area contributed by atoms with Crippen LogP contribution >= 0.6 is 0 Å². The van der Waals surface area contributed by atoms with Gasteiger partial charge < -0.3 is 69.6 Å². The molecule has 284 valence electrons. The van der Waals surface area contributed by atoms with Gasteiger partial charge in [0.25, 0.3) is 0 Å². The van der Waals surface area contributed by atoms with Gasteiger partial charge in [-0.25, -0.2) is 4.79 Å². The second-order valence-corrected chi connectivity index (χ2v) is 16.2. The average molecular weight is 715 g/mol. The molecule has 3 heterocycles. The first-order valence-corrected chi connectivity index (χ1v) is 18.3. The summed E-state index contributed by atoms with van der Waals surface area (Å²) >= 11 is 0. The summed E-state index contributed by atoms with van der Waals surface area (Å²) < 4.78 is 28.5. The SMILES string of the molecule is C[C@]12CC[C@H]3[C@@H](CC[C@@H]4C[C@H](O[C@@H]5O[C@H](CO)[C@@H](O)[C@@H](O[C@H]6O[C@H](CO)[C@@H](O)[C@H](O)[C@H]6O)[C@H]5O)CC[C@@]43CO)[C@@]1(O)CC[C@@H]2C1=CC(=O)OC1. The molecule has 3 aliphatic heterocycles. The van der Waals surface area contributed by atoms with E-state index in [1.807, 2.05) is 0 Å². The molecule has 4 saturated carbocycles. The molecule has 18 atom stereocenters. The molecule has 7 rings (SSSR count). The van der Waals surface area contributed by atoms with Crippen LogP contribution in [0.3, 0.4) is 0 Å². The Labute approximate surface area is 290 Å². The highest BCUT2D eigenvalue weighted by Gasteiger charge is 2.68. The molecule has 0 amide bonds. The molecule has 6 fully saturated rings. The third kappa shape index (κ3) is 5.71. The minimum absolute atomic E-state index is 0.00127. The number of fused-ring (bicyclic) bond motifs is 5. The van der Waals surface area contributed by atoms with Crippen molar-refractivity contribution in [2.45, 2.75) is 138 Å². The molecule has 4 aliphatic carbocycles. The largest absolute Gasteiger partial charge is 0.458 e. The number of carbonyl (C=O) groups excluding carboxylic acids is 1. The quantitative estimate of drug-likeness (QED) is 0.0998. The summed E-state index contributed by atoms with van der Waals surface area (Å²) in [6.07, 6.45) is -7.79. The summed E-state index contributed by atoms with van der Waals surface area (Å²) in [6.45, 7) is 1.09. The molecule has 15 heteroatoms. The number of hydrogen-bond donors (Lipinski definition) is 9. The Morgan fingerprint density at radius 3 is 2.14 bits per heavy atom. The minimum Gasteiger partial charge on any atom is -0.458 e. The number of hydrogen-bond acceptors (Lipinski definition) is 15. The second-order valence-electron chi connectivity index (χ2n) is 16.2. The highest BCUT2D eigenvalue weighted by molar-refractivity contribution is 5.85. The second kappa shape index (κ2) is 13.8. The van der Waals surface area contributed by atoms with E-state index in [0.29, 0.717) is 25.7 Å². The van der Waals surface area contributed by atoms with Crippen LogP contribution in [0, 0.1) is 34.5 Å². The van der Waals surface area contributed by atoms with Crippen molar-refractivity contribution in [3.63, 3.8) is 0 Å². The summed E-state index contributed by atoms with van der Waals surface area (Å²) in [7, 11) is 0. The fourth-order valence-electron chi connectivity index (χ4n) is 11.4. The van der Waals surface area contributed by atoms with Crippen LogP contribution in [0.2, 0.25) is 0 Å². The molecule has 0 unspecified atom stereocenters. The van der Waals surface area contributed by atoms with Gasteiger partial charge in [0.05, 0.1) is 24.9 Å². The third-order valence-corrected chi connectivity index (χ3v) is 14.2. The lowest BCUT2D eigenvalue weighted by molar-refractivity contribution is -0.365. The summed E-state index contributed by atoms with van der Waals surface area (Å²) in [5.74, 6) is -0.0778. The number of cyclic esters (lactones) is 1. The average Bonchev–Trinajstić information content (AvgIpc) is 3.66. The fraction of sp³-hybridized carbons (Fsp3) is 0.914. The van der Waals surface area contributed by atoms with E-state index < -0.39 is 97.2 Å². The number of rotatable bonds is 8. The van der Waals surface area contributed by atoms with Gasteiger partial charge in [-0.3, -0.25) is 0 Å². The molecule has 0 bridgehead atoms. The summed E-state index contributed by atoms with van der Waals surface area (Å²) in [4.78, 5) is 11.9. The van der Waals surface area contributed by atoms with E-state index in [9.17, 15) is 50.8 Å². The van der Waals surface area contributed by atoms with Crippen LogP contribution in [0.4, 0.5) is 0 Å². The Kier molecular flexibility index (Phi) is 10.2. The zero-order valence-electron chi connectivity index (χ0n) is 28.4. The lowest BCUT2D eigenvalue weighted by atomic mass is 9.43. The number of carbonyl (C=O) groups is 1. The monoisotopic (exact) mass is 714 g/mol. The van der Waals surface area contributed by atoms with Crippen molar-refractivity contribution < 1.29 is 74.4 Å². The number of aliphatic hydroxyl groups excluding tert-OH is 8. The molecular formula is C35H54O15. The molecule has 15 nitrogen and oxygen atoms in total. The molecule has 0 aromatic heterocycles. The number of ether oxygens (including phenoxy) is 5. The first-order valence-electron chi connectivity index (χ1n) is 18.3. The van der Waals surface area contributed by atoms with Gasteiger partial charge in [-0.1, -0.05) is 6.92 Å². The van der Waals surface area contributed by atoms with Crippen molar-refractivity contribution in [2.75, 3.05) is 26.4 Å².